The highest BCUT2D eigenvalue weighted by molar-refractivity contribution is 9.10. The van der Waals surface area contributed by atoms with Crippen molar-refractivity contribution in [3.63, 3.8) is 0 Å². The van der Waals surface area contributed by atoms with E-state index in [0.29, 0.717) is 0 Å². The standard InChI is InChI=1S/C12H12BrN3S/c13-9-4-5-17-11(9)6-14-12-8-2-1-3-10(8)15-7-16-12/h4-5,7H,1-3,6H2,(H,14,15,16). The summed E-state index contributed by atoms with van der Waals surface area (Å²) >= 11 is 5.29. The molecule has 0 fully saturated rings. The van der Waals surface area contributed by atoms with Gasteiger partial charge in [-0.2, -0.15) is 0 Å². The Hall–Kier alpha value is -0.940. The van der Waals surface area contributed by atoms with Crippen molar-refractivity contribution in [2.24, 2.45) is 0 Å². The molecule has 0 saturated heterocycles. The molecule has 0 aliphatic heterocycles. The lowest BCUT2D eigenvalue weighted by atomic mass is 10.2. The number of aryl methyl sites for hydroxylation is 1. The Kier molecular flexibility index (Phi) is 3.11. The number of rotatable bonds is 3. The normalized spacial score (nSPS) is 13.7. The minimum Gasteiger partial charge on any atom is -0.365 e. The predicted octanol–water partition coefficient (Wildman–Crippen LogP) is 3.40. The van der Waals surface area contributed by atoms with E-state index in [2.05, 4.69) is 42.7 Å². The van der Waals surface area contributed by atoms with Crippen LogP contribution in [0.4, 0.5) is 5.82 Å². The Morgan fingerprint density at radius 1 is 1.35 bits per heavy atom. The fourth-order valence-corrected chi connectivity index (χ4v) is 3.56. The first-order valence-electron chi connectivity index (χ1n) is 5.63. The zero-order valence-electron chi connectivity index (χ0n) is 9.24. The van der Waals surface area contributed by atoms with E-state index < -0.39 is 0 Å². The smallest absolute Gasteiger partial charge is 0.133 e. The van der Waals surface area contributed by atoms with E-state index in [-0.39, 0.29) is 0 Å². The molecule has 2 heterocycles. The van der Waals surface area contributed by atoms with E-state index in [0.717, 1.165) is 25.2 Å². The average Bonchev–Trinajstić information content (AvgIpc) is 2.95. The molecule has 0 radical (unpaired) electrons. The summed E-state index contributed by atoms with van der Waals surface area (Å²) in [7, 11) is 0. The van der Waals surface area contributed by atoms with E-state index in [9.17, 15) is 0 Å². The molecule has 3 rings (SSSR count). The van der Waals surface area contributed by atoms with Crippen LogP contribution in [-0.4, -0.2) is 9.97 Å². The monoisotopic (exact) mass is 309 g/mol. The zero-order valence-corrected chi connectivity index (χ0v) is 11.6. The van der Waals surface area contributed by atoms with E-state index in [1.165, 1.54) is 27.0 Å². The van der Waals surface area contributed by atoms with Crippen molar-refractivity contribution in [1.29, 1.82) is 0 Å². The summed E-state index contributed by atoms with van der Waals surface area (Å²) in [6.45, 7) is 0.821. The number of hydrogen-bond donors (Lipinski definition) is 1. The lowest BCUT2D eigenvalue weighted by Crippen LogP contribution is -2.04. The van der Waals surface area contributed by atoms with E-state index >= 15 is 0 Å². The minimum absolute atomic E-state index is 0.821. The molecule has 0 bridgehead atoms. The van der Waals surface area contributed by atoms with Crippen LogP contribution >= 0.6 is 27.3 Å². The molecular weight excluding hydrogens is 298 g/mol. The fourth-order valence-electron chi connectivity index (χ4n) is 2.13. The van der Waals surface area contributed by atoms with Crippen molar-refractivity contribution >= 4 is 33.1 Å². The van der Waals surface area contributed by atoms with Gasteiger partial charge >= 0.3 is 0 Å². The molecule has 0 aromatic carbocycles. The topological polar surface area (TPSA) is 37.8 Å². The van der Waals surface area contributed by atoms with Crippen molar-refractivity contribution < 1.29 is 0 Å². The second-order valence-electron chi connectivity index (χ2n) is 4.05. The van der Waals surface area contributed by atoms with Gasteiger partial charge in [0.25, 0.3) is 0 Å². The van der Waals surface area contributed by atoms with Crippen molar-refractivity contribution in [3.05, 3.63) is 38.4 Å². The maximum absolute atomic E-state index is 4.35. The number of nitrogens with zero attached hydrogens (tertiary/aromatic N) is 2. The van der Waals surface area contributed by atoms with Crippen LogP contribution in [0.25, 0.3) is 0 Å². The number of nitrogens with one attached hydrogen (secondary N) is 1. The van der Waals surface area contributed by atoms with Gasteiger partial charge in [0.15, 0.2) is 0 Å². The Balaban J connectivity index is 1.78. The molecular formula is C12H12BrN3S. The van der Waals surface area contributed by atoms with Gasteiger partial charge in [-0.1, -0.05) is 0 Å². The van der Waals surface area contributed by atoms with Gasteiger partial charge in [0.1, 0.15) is 12.1 Å². The molecule has 0 atom stereocenters. The maximum atomic E-state index is 4.35. The van der Waals surface area contributed by atoms with Gasteiger partial charge in [0.2, 0.25) is 0 Å². The Bertz CT molecular complexity index is 538. The second-order valence-corrected chi connectivity index (χ2v) is 5.90. The number of fused-ring (bicyclic) bond motifs is 1. The van der Waals surface area contributed by atoms with Crippen LogP contribution in [0.2, 0.25) is 0 Å². The molecule has 3 nitrogen and oxygen atoms in total. The zero-order chi connectivity index (χ0) is 11.7. The van der Waals surface area contributed by atoms with Gasteiger partial charge in [-0.15, -0.1) is 11.3 Å². The van der Waals surface area contributed by atoms with Gasteiger partial charge in [0, 0.05) is 20.6 Å². The summed E-state index contributed by atoms with van der Waals surface area (Å²) in [5.74, 6) is 1.01. The first kappa shape index (κ1) is 11.2. The predicted molar refractivity (Wildman–Crippen MR) is 73.4 cm³/mol. The molecule has 1 aliphatic carbocycles. The molecule has 88 valence electrons. The summed E-state index contributed by atoms with van der Waals surface area (Å²) in [4.78, 5) is 9.97. The first-order chi connectivity index (χ1) is 8.34. The average molecular weight is 310 g/mol. The molecule has 1 N–H and O–H groups in total. The van der Waals surface area contributed by atoms with Gasteiger partial charge < -0.3 is 5.32 Å². The van der Waals surface area contributed by atoms with Crippen LogP contribution in [-0.2, 0) is 19.4 Å². The molecule has 5 heteroatoms. The van der Waals surface area contributed by atoms with Crippen LogP contribution < -0.4 is 5.32 Å². The molecule has 0 saturated carbocycles. The fraction of sp³-hybridized carbons (Fsp3) is 0.333. The summed E-state index contributed by atoms with van der Waals surface area (Å²) in [6.07, 6.45) is 5.06. The summed E-state index contributed by atoms with van der Waals surface area (Å²) in [5.41, 5.74) is 2.52. The highest BCUT2D eigenvalue weighted by Gasteiger charge is 2.16. The van der Waals surface area contributed by atoms with Crippen LogP contribution in [0.3, 0.4) is 0 Å². The summed E-state index contributed by atoms with van der Waals surface area (Å²) < 4.78 is 1.17. The lowest BCUT2D eigenvalue weighted by molar-refractivity contribution is 0.899. The van der Waals surface area contributed by atoms with Crippen LogP contribution in [0.15, 0.2) is 22.2 Å². The molecule has 17 heavy (non-hydrogen) atoms. The molecule has 0 amide bonds. The highest BCUT2D eigenvalue weighted by Crippen LogP contribution is 2.27. The van der Waals surface area contributed by atoms with Crippen molar-refractivity contribution in [3.8, 4) is 0 Å². The van der Waals surface area contributed by atoms with Gasteiger partial charge in [0.05, 0.1) is 6.54 Å². The van der Waals surface area contributed by atoms with Crippen molar-refractivity contribution in [2.45, 2.75) is 25.8 Å². The largest absolute Gasteiger partial charge is 0.365 e. The Morgan fingerprint density at radius 3 is 3.12 bits per heavy atom. The van der Waals surface area contributed by atoms with E-state index in [1.54, 1.807) is 17.7 Å². The van der Waals surface area contributed by atoms with Gasteiger partial charge in [-0.25, -0.2) is 9.97 Å². The minimum atomic E-state index is 0.821. The van der Waals surface area contributed by atoms with Crippen LogP contribution in [0.1, 0.15) is 22.6 Å². The maximum Gasteiger partial charge on any atom is 0.133 e. The first-order valence-corrected chi connectivity index (χ1v) is 7.30. The quantitative estimate of drug-likeness (QED) is 0.944. The second kappa shape index (κ2) is 4.74. The number of aromatic nitrogens is 2. The van der Waals surface area contributed by atoms with Crippen LogP contribution in [0.5, 0.6) is 0 Å². The van der Waals surface area contributed by atoms with Crippen molar-refractivity contribution in [2.75, 3.05) is 5.32 Å². The third-order valence-electron chi connectivity index (χ3n) is 2.98. The Morgan fingerprint density at radius 2 is 2.29 bits per heavy atom. The number of thiophene rings is 1. The van der Waals surface area contributed by atoms with Gasteiger partial charge in [-0.05, 0) is 46.6 Å². The molecule has 0 spiro atoms. The Labute approximate surface area is 112 Å². The van der Waals surface area contributed by atoms with E-state index in [1.807, 2.05) is 0 Å². The van der Waals surface area contributed by atoms with Gasteiger partial charge in [-0.3, -0.25) is 0 Å². The molecule has 2 aromatic rings. The molecule has 0 unspecified atom stereocenters. The number of hydrogen-bond acceptors (Lipinski definition) is 4. The van der Waals surface area contributed by atoms with Crippen LogP contribution in [0, 0.1) is 0 Å². The number of anilines is 1. The third-order valence-corrected chi connectivity index (χ3v) is 4.91. The summed E-state index contributed by atoms with van der Waals surface area (Å²) in [5, 5.41) is 5.51. The number of halogens is 1. The van der Waals surface area contributed by atoms with Crippen molar-refractivity contribution in [1.82, 2.24) is 9.97 Å². The molecule has 2 aromatic heterocycles. The summed E-state index contributed by atoms with van der Waals surface area (Å²) in [6, 6.07) is 2.08. The lowest BCUT2D eigenvalue weighted by Gasteiger charge is -2.08. The SMILES string of the molecule is Brc1ccsc1CNc1ncnc2c1CCC2. The van der Waals surface area contributed by atoms with E-state index in [4.69, 9.17) is 0 Å². The molecule has 1 aliphatic rings. The third kappa shape index (κ3) is 2.21. The highest BCUT2D eigenvalue weighted by atomic mass is 79.9.